The predicted molar refractivity (Wildman–Crippen MR) is 77.5 cm³/mol. The lowest BCUT2D eigenvalue weighted by Crippen LogP contribution is -2.44. The van der Waals surface area contributed by atoms with Crippen molar-refractivity contribution < 1.29 is 23.1 Å². The summed E-state index contributed by atoms with van der Waals surface area (Å²) < 4.78 is 23.7. The second-order valence-corrected chi connectivity index (χ2v) is 8.46. The van der Waals surface area contributed by atoms with E-state index in [1.807, 2.05) is 0 Å². The van der Waals surface area contributed by atoms with Crippen LogP contribution in [-0.4, -0.2) is 42.9 Å². The van der Waals surface area contributed by atoms with Crippen LogP contribution in [0.15, 0.2) is 0 Å². The summed E-state index contributed by atoms with van der Waals surface area (Å²) in [5.41, 5.74) is 0. The molecule has 1 unspecified atom stereocenters. The van der Waals surface area contributed by atoms with Crippen molar-refractivity contribution in [1.82, 2.24) is 5.32 Å². The van der Waals surface area contributed by atoms with Gasteiger partial charge in [0.1, 0.15) is 5.25 Å². The number of nitrogens with one attached hydrogen (secondary N) is 1. The van der Waals surface area contributed by atoms with Gasteiger partial charge in [0.25, 0.3) is 0 Å². The fourth-order valence-corrected chi connectivity index (χ4v) is 5.05. The molecule has 1 saturated carbocycles. The molecule has 0 aromatic carbocycles. The average Bonchev–Trinajstić information content (AvgIpc) is 2.44. The molecule has 1 heterocycles. The zero-order chi connectivity index (χ0) is 15.5. The first-order chi connectivity index (χ1) is 9.90. The Morgan fingerprint density at radius 3 is 2.29 bits per heavy atom. The van der Waals surface area contributed by atoms with Gasteiger partial charge in [0.05, 0.1) is 11.7 Å². The van der Waals surface area contributed by atoms with E-state index in [1.165, 1.54) is 0 Å². The van der Waals surface area contributed by atoms with Crippen LogP contribution >= 0.6 is 0 Å². The highest BCUT2D eigenvalue weighted by molar-refractivity contribution is 7.92. The number of sulfone groups is 1. The topological polar surface area (TPSA) is 101 Å². The Labute approximate surface area is 125 Å². The zero-order valence-corrected chi connectivity index (χ0v) is 12.9. The van der Waals surface area contributed by atoms with Gasteiger partial charge in [-0.2, -0.15) is 0 Å². The predicted octanol–water partition coefficient (Wildman–Crippen LogP) is 0.961. The molecule has 1 atom stereocenters. The summed E-state index contributed by atoms with van der Waals surface area (Å²) in [6, 6.07) is 0. The lowest BCUT2D eigenvalue weighted by molar-refractivity contribution is -0.143. The van der Waals surface area contributed by atoms with Crippen LogP contribution < -0.4 is 5.32 Å². The van der Waals surface area contributed by atoms with Crippen molar-refractivity contribution in [1.29, 1.82) is 0 Å². The van der Waals surface area contributed by atoms with Crippen molar-refractivity contribution in [2.75, 3.05) is 12.3 Å². The van der Waals surface area contributed by atoms with Crippen molar-refractivity contribution in [2.45, 2.75) is 50.2 Å². The number of hydrogen-bond donors (Lipinski definition) is 2. The van der Waals surface area contributed by atoms with Gasteiger partial charge in [-0.05, 0) is 44.4 Å². The van der Waals surface area contributed by atoms with Crippen molar-refractivity contribution >= 4 is 21.7 Å². The third-order valence-electron chi connectivity index (χ3n) is 4.63. The highest BCUT2D eigenvalue weighted by Crippen LogP contribution is 2.28. The van der Waals surface area contributed by atoms with E-state index in [-0.39, 0.29) is 23.5 Å². The van der Waals surface area contributed by atoms with Crippen molar-refractivity contribution in [2.24, 2.45) is 11.8 Å². The van der Waals surface area contributed by atoms with Crippen molar-refractivity contribution in [3.63, 3.8) is 0 Å². The van der Waals surface area contributed by atoms with Gasteiger partial charge in [-0.3, -0.25) is 9.59 Å². The number of rotatable bonds is 4. The SMILES string of the molecule is O=C(O)C1CCC(CNC(=O)C2CCCCS2(=O)=O)CC1. The molecular weight excluding hydrogens is 294 g/mol. The van der Waals surface area contributed by atoms with E-state index in [2.05, 4.69) is 5.32 Å². The molecule has 0 bridgehead atoms. The van der Waals surface area contributed by atoms with Crippen LogP contribution in [0.2, 0.25) is 0 Å². The minimum absolute atomic E-state index is 0.106. The van der Waals surface area contributed by atoms with Crippen LogP contribution in [0, 0.1) is 11.8 Å². The number of carbonyl (C=O) groups is 2. The van der Waals surface area contributed by atoms with Crippen LogP contribution in [0.3, 0.4) is 0 Å². The van der Waals surface area contributed by atoms with Crippen LogP contribution in [0.1, 0.15) is 44.9 Å². The summed E-state index contributed by atoms with van der Waals surface area (Å²) >= 11 is 0. The number of carbonyl (C=O) groups excluding carboxylic acids is 1. The van der Waals surface area contributed by atoms with Crippen LogP contribution in [0.25, 0.3) is 0 Å². The van der Waals surface area contributed by atoms with Gasteiger partial charge in [-0.1, -0.05) is 6.42 Å². The smallest absolute Gasteiger partial charge is 0.306 e. The quantitative estimate of drug-likeness (QED) is 0.804. The Morgan fingerprint density at radius 2 is 1.71 bits per heavy atom. The lowest BCUT2D eigenvalue weighted by atomic mass is 9.82. The standard InChI is InChI=1S/C14H23NO5S/c16-13(12-3-1-2-8-21(12,19)20)15-9-10-4-6-11(7-5-10)14(17)18/h10-12H,1-9H2,(H,15,16)(H,17,18). The monoisotopic (exact) mass is 317 g/mol. The summed E-state index contributed by atoms with van der Waals surface area (Å²) in [6.45, 7) is 0.456. The molecule has 0 spiro atoms. The molecule has 2 fully saturated rings. The number of carboxylic acid groups (broad SMARTS) is 1. The van der Waals surface area contributed by atoms with E-state index in [4.69, 9.17) is 5.11 Å². The van der Waals surface area contributed by atoms with Crippen LogP contribution in [0.4, 0.5) is 0 Å². The Balaban J connectivity index is 1.78. The van der Waals surface area contributed by atoms with Gasteiger partial charge >= 0.3 is 5.97 Å². The third-order valence-corrected chi connectivity index (χ3v) is 6.81. The Morgan fingerprint density at radius 1 is 1.05 bits per heavy atom. The zero-order valence-electron chi connectivity index (χ0n) is 12.1. The summed E-state index contributed by atoms with van der Waals surface area (Å²) in [7, 11) is -3.29. The summed E-state index contributed by atoms with van der Waals surface area (Å²) in [5.74, 6) is -1.03. The first kappa shape index (κ1) is 16.3. The van der Waals surface area contributed by atoms with Crippen LogP contribution in [0.5, 0.6) is 0 Å². The molecule has 2 N–H and O–H groups in total. The number of hydrogen-bond acceptors (Lipinski definition) is 4. The van der Waals surface area contributed by atoms with E-state index in [0.29, 0.717) is 32.2 Å². The Hall–Kier alpha value is -1.11. The summed E-state index contributed by atoms with van der Waals surface area (Å²) in [6.07, 6.45) is 4.66. The maximum atomic E-state index is 12.0. The maximum Gasteiger partial charge on any atom is 0.306 e. The fraction of sp³-hybridized carbons (Fsp3) is 0.857. The summed E-state index contributed by atoms with van der Waals surface area (Å²) in [5, 5.41) is 10.8. The Kier molecular flexibility index (Phi) is 5.24. The van der Waals surface area contributed by atoms with Gasteiger partial charge in [-0.25, -0.2) is 8.42 Å². The molecule has 1 amide bonds. The van der Waals surface area contributed by atoms with Gasteiger partial charge in [0, 0.05) is 6.54 Å². The number of aliphatic carboxylic acids is 1. The molecule has 6 nitrogen and oxygen atoms in total. The van der Waals surface area contributed by atoms with E-state index < -0.39 is 21.1 Å². The normalized spacial score (nSPS) is 32.3. The molecule has 21 heavy (non-hydrogen) atoms. The second kappa shape index (κ2) is 6.77. The second-order valence-electron chi connectivity index (χ2n) is 6.15. The van der Waals surface area contributed by atoms with E-state index in [9.17, 15) is 18.0 Å². The van der Waals surface area contributed by atoms with Gasteiger partial charge in [0.2, 0.25) is 5.91 Å². The van der Waals surface area contributed by atoms with Crippen LogP contribution in [-0.2, 0) is 19.4 Å². The maximum absolute atomic E-state index is 12.0. The molecule has 120 valence electrons. The lowest BCUT2D eigenvalue weighted by Gasteiger charge is -2.27. The minimum atomic E-state index is -3.29. The molecule has 2 rings (SSSR count). The number of carboxylic acids is 1. The Bertz CT molecular complexity index is 493. The highest BCUT2D eigenvalue weighted by atomic mass is 32.2. The first-order valence-corrected chi connectivity index (χ1v) is 9.34. The molecule has 1 aliphatic carbocycles. The van der Waals surface area contributed by atoms with Gasteiger partial charge in [-0.15, -0.1) is 0 Å². The first-order valence-electron chi connectivity index (χ1n) is 7.62. The van der Waals surface area contributed by atoms with E-state index in [1.54, 1.807) is 0 Å². The molecule has 1 saturated heterocycles. The molecule has 7 heteroatoms. The van der Waals surface area contributed by atoms with E-state index in [0.717, 1.165) is 19.3 Å². The molecular formula is C14H23NO5S. The summed E-state index contributed by atoms with van der Waals surface area (Å²) in [4.78, 5) is 22.9. The molecule has 0 aromatic rings. The molecule has 0 aromatic heterocycles. The van der Waals surface area contributed by atoms with E-state index >= 15 is 0 Å². The minimum Gasteiger partial charge on any atom is -0.481 e. The van der Waals surface area contributed by atoms with Crippen molar-refractivity contribution in [3.8, 4) is 0 Å². The van der Waals surface area contributed by atoms with Gasteiger partial charge < -0.3 is 10.4 Å². The fourth-order valence-electron chi connectivity index (χ4n) is 3.22. The average molecular weight is 317 g/mol. The van der Waals surface area contributed by atoms with Crippen molar-refractivity contribution in [3.05, 3.63) is 0 Å². The largest absolute Gasteiger partial charge is 0.481 e. The molecule has 0 radical (unpaired) electrons. The van der Waals surface area contributed by atoms with Gasteiger partial charge in [0.15, 0.2) is 9.84 Å². The highest BCUT2D eigenvalue weighted by Gasteiger charge is 2.35. The third kappa shape index (κ3) is 4.18. The number of amides is 1. The molecule has 2 aliphatic rings. The molecule has 1 aliphatic heterocycles.